The van der Waals surface area contributed by atoms with Crippen LogP contribution in [0.1, 0.15) is 43.5 Å². The van der Waals surface area contributed by atoms with Crippen molar-refractivity contribution in [1.82, 2.24) is 5.01 Å². The lowest BCUT2D eigenvalue weighted by molar-refractivity contribution is -0.136. The number of hydrazone groups is 1. The molecule has 3 heterocycles. The Hall–Kier alpha value is -3.28. The van der Waals surface area contributed by atoms with Crippen molar-refractivity contribution in [3.8, 4) is 0 Å². The second kappa shape index (κ2) is 6.61. The third-order valence-electron chi connectivity index (χ3n) is 6.59. The highest BCUT2D eigenvalue weighted by Crippen LogP contribution is 2.53. The monoisotopic (exact) mass is 415 g/mol. The summed E-state index contributed by atoms with van der Waals surface area (Å²) in [6.45, 7) is 7.49. The van der Waals surface area contributed by atoms with Gasteiger partial charge in [-0.05, 0) is 30.2 Å². The van der Waals surface area contributed by atoms with Crippen LogP contribution in [0.5, 0.6) is 0 Å². The van der Waals surface area contributed by atoms with Crippen LogP contribution in [0.15, 0.2) is 53.6 Å². The summed E-state index contributed by atoms with van der Waals surface area (Å²) in [5.41, 5.74) is 2.78. The quantitative estimate of drug-likeness (QED) is 0.704. The van der Waals surface area contributed by atoms with Gasteiger partial charge >= 0.3 is 0 Å². The number of benzene rings is 2. The van der Waals surface area contributed by atoms with Crippen molar-refractivity contribution in [3.05, 3.63) is 65.2 Å². The molecule has 0 N–H and O–H groups in total. The summed E-state index contributed by atoms with van der Waals surface area (Å²) < 4.78 is 0. The van der Waals surface area contributed by atoms with Gasteiger partial charge in [0.05, 0.1) is 29.8 Å². The zero-order valence-corrected chi connectivity index (χ0v) is 18.1. The lowest BCUT2D eigenvalue weighted by atomic mass is 9.79. The fourth-order valence-electron chi connectivity index (χ4n) is 5.06. The number of Topliss-reactive ketones (excluding diaryl/α,β-unsaturated/α-hetero) is 1. The van der Waals surface area contributed by atoms with Crippen LogP contribution >= 0.6 is 0 Å². The molecule has 2 aromatic carbocycles. The summed E-state index contributed by atoms with van der Waals surface area (Å²) in [4.78, 5) is 42.1. The van der Waals surface area contributed by atoms with Crippen LogP contribution in [-0.4, -0.2) is 34.9 Å². The molecule has 5 rings (SSSR count). The highest BCUT2D eigenvalue weighted by molar-refractivity contribution is 6.24. The van der Waals surface area contributed by atoms with Crippen LogP contribution in [0.2, 0.25) is 0 Å². The van der Waals surface area contributed by atoms with Crippen molar-refractivity contribution < 1.29 is 14.4 Å². The van der Waals surface area contributed by atoms with Crippen molar-refractivity contribution in [1.29, 1.82) is 0 Å². The van der Waals surface area contributed by atoms with Gasteiger partial charge in [0.1, 0.15) is 6.04 Å². The third kappa shape index (κ3) is 2.77. The number of imide groups is 1. The van der Waals surface area contributed by atoms with Gasteiger partial charge in [-0.2, -0.15) is 5.10 Å². The van der Waals surface area contributed by atoms with E-state index < -0.39 is 29.3 Å². The summed E-state index contributed by atoms with van der Waals surface area (Å²) >= 11 is 0. The van der Waals surface area contributed by atoms with Gasteiger partial charge in [0.2, 0.25) is 11.8 Å². The number of hydrogen-bond donors (Lipinski definition) is 0. The van der Waals surface area contributed by atoms with Crippen molar-refractivity contribution >= 4 is 29.5 Å². The SMILES string of the molecule is Cc1ccc(N2C(=O)[C@@H]3[C@H](C2=O)[C@@H]2c4ccccc4C=NN2[C@@H]3C(=O)C(C)(C)C)cc1. The van der Waals surface area contributed by atoms with Crippen LogP contribution < -0.4 is 4.90 Å². The van der Waals surface area contributed by atoms with Gasteiger partial charge in [-0.3, -0.25) is 19.4 Å². The van der Waals surface area contributed by atoms with E-state index in [1.165, 1.54) is 4.90 Å². The third-order valence-corrected chi connectivity index (χ3v) is 6.59. The molecule has 0 aliphatic carbocycles. The van der Waals surface area contributed by atoms with Gasteiger partial charge in [0.25, 0.3) is 0 Å². The fraction of sp³-hybridized carbons (Fsp3) is 0.360. The molecule has 2 aromatic rings. The Bertz CT molecular complexity index is 1130. The first-order valence-corrected chi connectivity index (χ1v) is 10.6. The van der Waals surface area contributed by atoms with Gasteiger partial charge in [-0.1, -0.05) is 62.7 Å². The molecular formula is C25H25N3O3. The molecule has 4 atom stereocenters. The smallest absolute Gasteiger partial charge is 0.240 e. The molecule has 0 aromatic heterocycles. The van der Waals surface area contributed by atoms with Crippen molar-refractivity contribution in [2.24, 2.45) is 22.4 Å². The molecule has 2 amide bonds. The Morgan fingerprint density at radius 2 is 1.58 bits per heavy atom. The van der Waals surface area contributed by atoms with Crippen LogP contribution in [-0.2, 0) is 14.4 Å². The van der Waals surface area contributed by atoms with E-state index in [1.54, 1.807) is 23.4 Å². The van der Waals surface area contributed by atoms with E-state index in [1.807, 2.05) is 64.1 Å². The first kappa shape index (κ1) is 19.7. The second-order valence-corrected chi connectivity index (χ2v) is 9.66. The van der Waals surface area contributed by atoms with E-state index in [0.717, 1.165) is 16.7 Å². The fourth-order valence-corrected chi connectivity index (χ4v) is 5.06. The molecule has 0 spiro atoms. The molecular weight excluding hydrogens is 390 g/mol. The first-order valence-electron chi connectivity index (χ1n) is 10.6. The number of nitrogens with zero attached hydrogens (tertiary/aromatic N) is 3. The predicted octanol–water partition coefficient (Wildman–Crippen LogP) is 3.49. The number of rotatable bonds is 2. The minimum absolute atomic E-state index is 0.0755. The van der Waals surface area contributed by atoms with E-state index in [-0.39, 0.29) is 17.6 Å². The number of anilines is 1. The van der Waals surface area contributed by atoms with E-state index >= 15 is 0 Å². The van der Waals surface area contributed by atoms with Gasteiger partial charge in [-0.15, -0.1) is 0 Å². The zero-order chi connectivity index (χ0) is 22.1. The van der Waals surface area contributed by atoms with Gasteiger partial charge in [0.15, 0.2) is 5.78 Å². The molecule has 2 fully saturated rings. The average molecular weight is 415 g/mol. The minimum Gasteiger partial charge on any atom is -0.297 e. The number of hydrogen-bond acceptors (Lipinski definition) is 5. The summed E-state index contributed by atoms with van der Waals surface area (Å²) in [6, 6.07) is 13.9. The number of amides is 2. The Morgan fingerprint density at radius 3 is 2.26 bits per heavy atom. The number of carbonyl (C=O) groups excluding carboxylic acids is 3. The summed E-state index contributed by atoms with van der Waals surface area (Å²) in [6.07, 6.45) is 1.72. The van der Waals surface area contributed by atoms with Gasteiger partial charge in [-0.25, -0.2) is 4.90 Å². The molecule has 0 radical (unpaired) electrons. The van der Waals surface area contributed by atoms with Gasteiger partial charge in [0, 0.05) is 5.41 Å². The normalized spacial score (nSPS) is 26.7. The molecule has 0 saturated carbocycles. The highest BCUT2D eigenvalue weighted by atomic mass is 16.2. The van der Waals surface area contributed by atoms with Crippen LogP contribution in [0.25, 0.3) is 0 Å². The topological polar surface area (TPSA) is 70.1 Å². The summed E-state index contributed by atoms with van der Waals surface area (Å²) in [5, 5.41) is 6.29. The summed E-state index contributed by atoms with van der Waals surface area (Å²) in [7, 11) is 0. The number of aryl methyl sites for hydroxylation is 1. The van der Waals surface area contributed by atoms with E-state index in [2.05, 4.69) is 5.10 Å². The van der Waals surface area contributed by atoms with E-state index in [4.69, 9.17) is 0 Å². The number of carbonyl (C=O) groups is 3. The Morgan fingerprint density at radius 1 is 0.935 bits per heavy atom. The van der Waals surface area contributed by atoms with Crippen molar-refractivity contribution in [2.75, 3.05) is 4.90 Å². The lowest BCUT2D eigenvalue weighted by Gasteiger charge is -2.35. The predicted molar refractivity (Wildman–Crippen MR) is 118 cm³/mol. The zero-order valence-electron chi connectivity index (χ0n) is 18.1. The average Bonchev–Trinajstić information content (AvgIpc) is 3.20. The molecule has 2 saturated heterocycles. The van der Waals surface area contributed by atoms with Crippen molar-refractivity contribution in [2.45, 2.75) is 39.8 Å². The Kier molecular flexibility index (Phi) is 4.19. The van der Waals surface area contributed by atoms with E-state index in [0.29, 0.717) is 5.69 Å². The van der Waals surface area contributed by atoms with Crippen LogP contribution in [0.3, 0.4) is 0 Å². The number of ketones is 1. The lowest BCUT2D eigenvalue weighted by Crippen LogP contribution is -2.48. The molecule has 31 heavy (non-hydrogen) atoms. The molecule has 6 heteroatoms. The maximum atomic E-state index is 13.7. The van der Waals surface area contributed by atoms with Gasteiger partial charge < -0.3 is 0 Å². The molecule has 3 aliphatic rings. The van der Waals surface area contributed by atoms with Crippen LogP contribution in [0, 0.1) is 24.2 Å². The summed E-state index contributed by atoms with van der Waals surface area (Å²) in [5.74, 6) is -2.06. The maximum Gasteiger partial charge on any atom is 0.240 e. The molecule has 0 unspecified atom stereocenters. The largest absolute Gasteiger partial charge is 0.297 e. The van der Waals surface area contributed by atoms with E-state index in [9.17, 15) is 14.4 Å². The maximum absolute atomic E-state index is 13.7. The Labute approximate surface area is 181 Å². The highest BCUT2D eigenvalue weighted by Gasteiger charge is 2.66. The second-order valence-electron chi connectivity index (χ2n) is 9.66. The standard InChI is InChI=1S/C25H25N3O3/c1-14-9-11-16(12-10-14)27-23(30)18-19(24(27)31)21(22(29)25(2,3)4)28-20(18)17-8-6-5-7-15(17)13-26-28/h5-13,18-21H,1-4H3/t18-,19+,20-,21-/m0/s1. The molecule has 6 nitrogen and oxygen atoms in total. The molecule has 3 aliphatic heterocycles. The molecule has 158 valence electrons. The van der Waals surface area contributed by atoms with Crippen LogP contribution in [0.4, 0.5) is 5.69 Å². The number of fused-ring (bicyclic) bond motifs is 5. The minimum atomic E-state index is -0.772. The first-order chi connectivity index (χ1) is 14.7. The Balaban J connectivity index is 1.66. The van der Waals surface area contributed by atoms with Crippen molar-refractivity contribution in [3.63, 3.8) is 0 Å². The molecule has 0 bridgehead atoms.